The number of hydrogen-bond acceptors (Lipinski definition) is 6. The lowest BCUT2D eigenvalue weighted by Crippen LogP contribution is -2.22. The van der Waals surface area contributed by atoms with Crippen molar-refractivity contribution in [2.75, 3.05) is 5.32 Å². The van der Waals surface area contributed by atoms with Crippen molar-refractivity contribution in [2.24, 2.45) is 7.05 Å². The van der Waals surface area contributed by atoms with E-state index >= 15 is 0 Å². The molecule has 1 amide bonds. The number of carbonyl (C=O) groups excluding carboxylic acids is 2. The van der Waals surface area contributed by atoms with Crippen molar-refractivity contribution in [1.29, 1.82) is 0 Å². The van der Waals surface area contributed by atoms with E-state index in [1.165, 1.54) is 18.7 Å². The molecule has 0 spiro atoms. The fraction of sp³-hybridized carbons (Fsp3) is 0.263. The van der Waals surface area contributed by atoms with Crippen molar-refractivity contribution in [1.82, 2.24) is 14.8 Å². The SMILES string of the molecule is CC(=O)c1ccc(NC(=O)[C@@H](C)Sc2nnc(-c3ccoc3C)n2C)cc1. The van der Waals surface area contributed by atoms with E-state index in [1.807, 2.05) is 24.6 Å². The van der Waals surface area contributed by atoms with Crippen molar-refractivity contribution >= 4 is 29.1 Å². The van der Waals surface area contributed by atoms with Crippen LogP contribution in [0.2, 0.25) is 0 Å². The maximum Gasteiger partial charge on any atom is 0.237 e. The summed E-state index contributed by atoms with van der Waals surface area (Å²) in [7, 11) is 1.86. The van der Waals surface area contributed by atoms with Gasteiger partial charge in [0.2, 0.25) is 5.91 Å². The third-order valence-electron chi connectivity index (χ3n) is 4.15. The Kier molecular flexibility index (Phi) is 5.46. The molecule has 0 bridgehead atoms. The van der Waals surface area contributed by atoms with Crippen molar-refractivity contribution in [3.8, 4) is 11.4 Å². The summed E-state index contributed by atoms with van der Waals surface area (Å²) in [5, 5.41) is 11.5. The number of thioether (sulfide) groups is 1. The summed E-state index contributed by atoms with van der Waals surface area (Å²) in [6, 6.07) is 8.66. The molecule has 1 aromatic carbocycles. The first-order valence-electron chi connectivity index (χ1n) is 8.39. The van der Waals surface area contributed by atoms with E-state index in [0.717, 1.165) is 11.3 Å². The fourth-order valence-electron chi connectivity index (χ4n) is 2.51. The largest absolute Gasteiger partial charge is 0.469 e. The maximum atomic E-state index is 12.5. The third-order valence-corrected chi connectivity index (χ3v) is 5.28. The standard InChI is InChI=1S/C19H20N4O3S/c1-11(24)14-5-7-15(8-6-14)20-18(25)13(3)27-19-22-21-17(23(19)4)16-9-10-26-12(16)2/h5-10,13H,1-4H3,(H,20,25)/t13-/m1/s1. The van der Waals surface area contributed by atoms with Crippen LogP contribution >= 0.6 is 11.8 Å². The molecule has 7 nitrogen and oxygen atoms in total. The van der Waals surface area contributed by atoms with Gasteiger partial charge < -0.3 is 14.3 Å². The van der Waals surface area contributed by atoms with Crippen LogP contribution in [0, 0.1) is 6.92 Å². The summed E-state index contributed by atoms with van der Waals surface area (Å²) in [4.78, 5) is 23.8. The second-order valence-electron chi connectivity index (χ2n) is 6.14. The highest BCUT2D eigenvalue weighted by atomic mass is 32.2. The number of nitrogens with zero attached hydrogens (tertiary/aromatic N) is 3. The van der Waals surface area contributed by atoms with Crippen LogP contribution in [-0.2, 0) is 11.8 Å². The zero-order chi connectivity index (χ0) is 19.6. The third kappa shape index (κ3) is 4.11. The van der Waals surface area contributed by atoms with Crippen LogP contribution in [0.15, 0.2) is 46.2 Å². The van der Waals surface area contributed by atoms with Crippen molar-refractivity contribution < 1.29 is 14.0 Å². The van der Waals surface area contributed by atoms with Crippen LogP contribution in [0.5, 0.6) is 0 Å². The molecule has 2 heterocycles. The number of Topliss-reactive ketones (excluding diaryl/α,β-unsaturated/α-hetero) is 1. The number of benzene rings is 1. The highest BCUT2D eigenvalue weighted by Gasteiger charge is 2.20. The quantitative estimate of drug-likeness (QED) is 0.515. The second-order valence-corrected chi connectivity index (χ2v) is 7.45. The van der Waals surface area contributed by atoms with Gasteiger partial charge in [0, 0.05) is 18.3 Å². The molecule has 0 radical (unpaired) electrons. The van der Waals surface area contributed by atoms with Gasteiger partial charge in [-0.2, -0.15) is 0 Å². The molecule has 2 aromatic heterocycles. The first-order valence-corrected chi connectivity index (χ1v) is 9.27. The molecule has 1 atom stereocenters. The number of nitrogens with one attached hydrogen (secondary N) is 1. The van der Waals surface area contributed by atoms with Gasteiger partial charge in [0.25, 0.3) is 0 Å². The Balaban J connectivity index is 1.67. The average molecular weight is 384 g/mol. The summed E-state index contributed by atoms with van der Waals surface area (Å²) < 4.78 is 7.16. The number of amides is 1. The topological polar surface area (TPSA) is 90.0 Å². The van der Waals surface area contributed by atoms with E-state index in [2.05, 4.69) is 15.5 Å². The second kappa shape index (κ2) is 7.79. The highest BCUT2D eigenvalue weighted by Crippen LogP contribution is 2.28. The molecule has 0 unspecified atom stereocenters. The predicted octanol–water partition coefficient (Wildman–Crippen LogP) is 3.71. The van der Waals surface area contributed by atoms with Crippen LogP contribution in [-0.4, -0.2) is 31.7 Å². The van der Waals surface area contributed by atoms with E-state index in [9.17, 15) is 9.59 Å². The molecule has 3 rings (SSSR count). The van der Waals surface area contributed by atoms with E-state index in [4.69, 9.17) is 4.42 Å². The maximum absolute atomic E-state index is 12.5. The predicted molar refractivity (Wildman–Crippen MR) is 104 cm³/mol. The van der Waals surface area contributed by atoms with Gasteiger partial charge in [0.1, 0.15) is 5.76 Å². The minimum Gasteiger partial charge on any atom is -0.469 e. The normalized spacial score (nSPS) is 12.0. The van der Waals surface area contributed by atoms with E-state index in [0.29, 0.717) is 22.2 Å². The molecule has 0 aliphatic carbocycles. The number of ketones is 1. The molecule has 140 valence electrons. The van der Waals surface area contributed by atoms with E-state index in [1.54, 1.807) is 37.5 Å². The first-order chi connectivity index (χ1) is 12.9. The zero-order valence-corrected chi connectivity index (χ0v) is 16.3. The number of anilines is 1. The Morgan fingerprint density at radius 2 is 1.89 bits per heavy atom. The Bertz CT molecular complexity index is 975. The Hall–Kier alpha value is -2.87. The lowest BCUT2D eigenvalue weighted by Gasteiger charge is -2.12. The Labute approximate surface area is 161 Å². The molecule has 1 N–H and O–H groups in total. The Morgan fingerprint density at radius 1 is 1.19 bits per heavy atom. The molecule has 0 aliphatic heterocycles. The average Bonchev–Trinajstić information content (AvgIpc) is 3.21. The number of carbonyl (C=O) groups is 2. The van der Waals surface area contributed by atoms with Crippen molar-refractivity contribution in [2.45, 2.75) is 31.2 Å². The molecule has 27 heavy (non-hydrogen) atoms. The Morgan fingerprint density at radius 3 is 2.48 bits per heavy atom. The zero-order valence-electron chi connectivity index (χ0n) is 15.5. The minimum atomic E-state index is -0.376. The lowest BCUT2D eigenvalue weighted by atomic mass is 10.1. The highest BCUT2D eigenvalue weighted by molar-refractivity contribution is 8.00. The molecule has 8 heteroatoms. The van der Waals surface area contributed by atoms with Crippen LogP contribution < -0.4 is 5.32 Å². The molecule has 3 aromatic rings. The van der Waals surface area contributed by atoms with Crippen LogP contribution in [0.3, 0.4) is 0 Å². The van der Waals surface area contributed by atoms with Gasteiger partial charge in [-0.1, -0.05) is 11.8 Å². The molecular formula is C19H20N4O3S. The summed E-state index contributed by atoms with van der Waals surface area (Å²) in [6.45, 7) is 5.18. The number of rotatable bonds is 6. The van der Waals surface area contributed by atoms with Gasteiger partial charge >= 0.3 is 0 Å². The van der Waals surface area contributed by atoms with Crippen molar-refractivity contribution in [3.63, 3.8) is 0 Å². The van der Waals surface area contributed by atoms with Gasteiger partial charge in [0.15, 0.2) is 16.8 Å². The monoisotopic (exact) mass is 384 g/mol. The summed E-state index contributed by atoms with van der Waals surface area (Å²) in [6.07, 6.45) is 1.61. The van der Waals surface area contributed by atoms with Crippen LogP contribution in [0.4, 0.5) is 5.69 Å². The fourth-order valence-corrected chi connectivity index (χ4v) is 3.33. The van der Waals surface area contributed by atoms with Crippen LogP contribution in [0.1, 0.15) is 30.0 Å². The molecular weight excluding hydrogens is 364 g/mol. The number of furan rings is 1. The molecule has 0 aliphatic rings. The van der Waals surface area contributed by atoms with E-state index in [-0.39, 0.29) is 16.9 Å². The number of hydrogen-bond donors (Lipinski definition) is 1. The smallest absolute Gasteiger partial charge is 0.237 e. The lowest BCUT2D eigenvalue weighted by molar-refractivity contribution is -0.115. The molecule has 0 fully saturated rings. The summed E-state index contributed by atoms with van der Waals surface area (Å²) in [5.41, 5.74) is 2.13. The molecule has 0 saturated heterocycles. The summed E-state index contributed by atoms with van der Waals surface area (Å²) >= 11 is 1.32. The van der Waals surface area contributed by atoms with Crippen LogP contribution in [0.25, 0.3) is 11.4 Å². The van der Waals surface area contributed by atoms with Gasteiger partial charge in [-0.3, -0.25) is 9.59 Å². The van der Waals surface area contributed by atoms with Crippen molar-refractivity contribution in [3.05, 3.63) is 47.9 Å². The number of aromatic nitrogens is 3. The first kappa shape index (κ1) is 18.9. The van der Waals surface area contributed by atoms with Gasteiger partial charge in [-0.05, 0) is 51.1 Å². The summed E-state index contributed by atoms with van der Waals surface area (Å²) in [5.74, 6) is 1.29. The minimum absolute atomic E-state index is 0.0113. The van der Waals surface area contributed by atoms with E-state index < -0.39 is 0 Å². The van der Waals surface area contributed by atoms with Gasteiger partial charge in [-0.15, -0.1) is 10.2 Å². The van der Waals surface area contributed by atoms with Gasteiger partial charge in [-0.25, -0.2) is 0 Å². The number of aryl methyl sites for hydroxylation is 1. The molecule has 0 saturated carbocycles. The van der Waals surface area contributed by atoms with Gasteiger partial charge in [0.05, 0.1) is 17.1 Å².